The zero-order valence-corrected chi connectivity index (χ0v) is 12.3. The van der Waals surface area contributed by atoms with Crippen LogP contribution in [-0.2, 0) is 20.0 Å². The number of hydrogen-bond acceptors (Lipinski definition) is 3. The van der Waals surface area contributed by atoms with E-state index in [0.717, 1.165) is 22.4 Å². The van der Waals surface area contributed by atoms with Crippen LogP contribution < -0.4 is 0 Å². The fourth-order valence-corrected chi connectivity index (χ4v) is 2.41. The van der Waals surface area contributed by atoms with Crippen LogP contribution in [0.1, 0.15) is 30.1 Å². The Morgan fingerprint density at radius 2 is 2.17 bits per heavy atom. The van der Waals surface area contributed by atoms with Gasteiger partial charge >= 0.3 is 0 Å². The van der Waals surface area contributed by atoms with Crippen LogP contribution in [0.4, 0.5) is 0 Å². The van der Waals surface area contributed by atoms with E-state index < -0.39 is 6.10 Å². The van der Waals surface area contributed by atoms with Crippen molar-refractivity contribution in [2.75, 3.05) is 0 Å². The van der Waals surface area contributed by atoms with Gasteiger partial charge < -0.3 is 5.11 Å². The number of aliphatic hydroxyl groups excluding tert-OH is 1. The van der Waals surface area contributed by atoms with E-state index in [2.05, 4.69) is 26.1 Å². The second kappa shape index (κ2) is 5.24. The summed E-state index contributed by atoms with van der Waals surface area (Å²) in [4.78, 5) is 0. The number of hydrogen-bond donors (Lipinski definition) is 1. The van der Waals surface area contributed by atoms with Crippen LogP contribution in [0.5, 0.6) is 0 Å². The molecule has 0 saturated carbocycles. The third kappa shape index (κ3) is 2.49. The Labute approximate surface area is 115 Å². The molecule has 1 N–H and O–H groups in total. The summed E-state index contributed by atoms with van der Waals surface area (Å²) < 4.78 is 4.57. The van der Waals surface area contributed by atoms with Crippen molar-refractivity contribution in [2.24, 2.45) is 7.05 Å². The number of aromatic nitrogens is 4. The van der Waals surface area contributed by atoms with Crippen LogP contribution in [0.25, 0.3) is 0 Å². The Bertz CT molecular complexity index is 546. The van der Waals surface area contributed by atoms with Gasteiger partial charge in [0.2, 0.25) is 0 Å². The van der Waals surface area contributed by atoms with Crippen LogP contribution in [0.15, 0.2) is 16.7 Å². The lowest BCUT2D eigenvalue weighted by Crippen LogP contribution is -2.09. The highest BCUT2D eigenvalue weighted by Crippen LogP contribution is 2.25. The van der Waals surface area contributed by atoms with Crippen LogP contribution >= 0.6 is 15.9 Å². The lowest BCUT2D eigenvalue weighted by molar-refractivity contribution is 0.169. The van der Waals surface area contributed by atoms with Gasteiger partial charge in [0.25, 0.3) is 0 Å². The lowest BCUT2D eigenvalue weighted by Gasteiger charge is -2.10. The lowest BCUT2D eigenvalue weighted by atomic mass is 10.1. The largest absolute Gasteiger partial charge is 0.386 e. The maximum atomic E-state index is 10.2. The van der Waals surface area contributed by atoms with E-state index in [1.54, 1.807) is 4.68 Å². The molecule has 0 spiro atoms. The number of rotatable bonds is 4. The molecule has 1 atom stereocenters. The molecule has 2 rings (SSSR count). The van der Waals surface area contributed by atoms with Crippen molar-refractivity contribution >= 4 is 15.9 Å². The summed E-state index contributed by atoms with van der Waals surface area (Å²) in [6, 6.07) is 1.83. The summed E-state index contributed by atoms with van der Waals surface area (Å²) in [6.45, 7) is 4.78. The number of aliphatic hydroxyl groups is 1. The molecule has 98 valence electrons. The maximum Gasteiger partial charge on any atom is 0.103 e. The van der Waals surface area contributed by atoms with Gasteiger partial charge in [0, 0.05) is 26.2 Å². The molecule has 0 aliphatic carbocycles. The molecule has 0 radical (unpaired) electrons. The summed E-state index contributed by atoms with van der Waals surface area (Å²) >= 11 is 3.53. The van der Waals surface area contributed by atoms with Gasteiger partial charge in [-0.2, -0.15) is 10.2 Å². The first kappa shape index (κ1) is 13.3. The van der Waals surface area contributed by atoms with Gasteiger partial charge in [0.15, 0.2) is 0 Å². The van der Waals surface area contributed by atoms with Gasteiger partial charge in [0.05, 0.1) is 21.6 Å². The van der Waals surface area contributed by atoms with Crippen LogP contribution in [0, 0.1) is 6.92 Å². The molecule has 0 fully saturated rings. The standard InChI is InChI=1S/C12H17BrN4O/c1-4-17-10(12(13)8(2)14-17)7-11(18)9-5-6-16(3)15-9/h5-6,11,18H,4,7H2,1-3H3. The Kier molecular flexibility index (Phi) is 3.87. The van der Waals surface area contributed by atoms with Crippen molar-refractivity contribution in [1.82, 2.24) is 19.6 Å². The molecular weight excluding hydrogens is 296 g/mol. The predicted molar refractivity (Wildman–Crippen MR) is 72.2 cm³/mol. The highest BCUT2D eigenvalue weighted by Gasteiger charge is 2.18. The molecule has 0 bridgehead atoms. The first-order valence-electron chi connectivity index (χ1n) is 5.92. The Balaban J connectivity index is 2.23. The topological polar surface area (TPSA) is 55.9 Å². The van der Waals surface area contributed by atoms with Crippen molar-refractivity contribution in [1.29, 1.82) is 0 Å². The Morgan fingerprint density at radius 1 is 1.44 bits per heavy atom. The van der Waals surface area contributed by atoms with Crippen LogP contribution in [0.3, 0.4) is 0 Å². The summed E-state index contributed by atoms with van der Waals surface area (Å²) in [7, 11) is 1.84. The molecule has 1 unspecified atom stereocenters. The van der Waals surface area contributed by atoms with Gasteiger partial charge in [-0.25, -0.2) is 0 Å². The second-order valence-corrected chi connectivity index (χ2v) is 5.09. The molecule has 0 amide bonds. The molecule has 0 aliphatic rings. The Morgan fingerprint density at radius 3 is 2.72 bits per heavy atom. The second-order valence-electron chi connectivity index (χ2n) is 4.30. The van der Waals surface area contributed by atoms with Gasteiger partial charge in [-0.05, 0) is 35.8 Å². The molecule has 2 aromatic heterocycles. The summed E-state index contributed by atoms with van der Waals surface area (Å²) in [5.74, 6) is 0. The highest BCUT2D eigenvalue weighted by atomic mass is 79.9. The monoisotopic (exact) mass is 312 g/mol. The van der Waals surface area contributed by atoms with Gasteiger partial charge in [-0.15, -0.1) is 0 Å². The first-order valence-corrected chi connectivity index (χ1v) is 6.71. The molecule has 6 heteroatoms. The third-order valence-corrected chi connectivity index (χ3v) is 3.95. The van der Waals surface area contributed by atoms with E-state index in [9.17, 15) is 5.11 Å². The molecule has 18 heavy (non-hydrogen) atoms. The zero-order valence-electron chi connectivity index (χ0n) is 10.8. The van der Waals surface area contributed by atoms with Crippen molar-refractivity contribution in [2.45, 2.75) is 32.9 Å². The quantitative estimate of drug-likeness (QED) is 0.939. The molecule has 5 nitrogen and oxygen atoms in total. The zero-order chi connectivity index (χ0) is 13.3. The molecular formula is C12H17BrN4O. The maximum absolute atomic E-state index is 10.2. The smallest absolute Gasteiger partial charge is 0.103 e. The van der Waals surface area contributed by atoms with Crippen molar-refractivity contribution in [3.63, 3.8) is 0 Å². The number of aryl methyl sites for hydroxylation is 3. The van der Waals surface area contributed by atoms with Gasteiger partial charge in [-0.3, -0.25) is 9.36 Å². The molecule has 0 aliphatic heterocycles. The minimum absolute atomic E-state index is 0.506. The van der Waals surface area contributed by atoms with E-state index in [0.29, 0.717) is 12.1 Å². The molecule has 0 saturated heterocycles. The van der Waals surface area contributed by atoms with E-state index >= 15 is 0 Å². The Hall–Kier alpha value is -1.14. The van der Waals surface area contributed by atoms with Crippen molar-refractivity contribution < 1.29 is 5.11 Å². The first-order chi connectivity index (χ1) is 8.52. The minimum Gasteiger partial charge on any atom is -0.386 e. The van der Waals surface area contributed by atoms with E-state index in [1.165, 1.54) is 0 Å². The number of nitrogens with zero attached hydrogens (tertiary/aromatic N) is 4. The molecule has 2 heterocycles. The molecule has 0 aromatic carbocycles. The highest BCUT2D eigenvalue weighted by molar-refractivity contribution is 9.10. The number of halogens is 1. The fraction of sp³-hybridized carbons (Fsp3) is 0.500. The summed E-state index contributed by atoms with van der Waals surface area (Å²) in [6.07, 6.45) is 1.73. The van der Waals surface area contributed by atoms with Gasteiger partial charge in [-0.1, -0.05) is 0 Å². The average Bonchev–Trinajstić information content (AvgIpc) is 2.88. The summed E-state index contributed by atoms with van der Waals surface area (Å²) in [5, 5.41) is 18.8. The van der Waals surface area contributed by atoms with Crippen LogP contribution in [0.2, 0.25) is 0 Å². The van der Waals surface area contributed by atoms with Crippen LogP contribution in [-0.4, -0.2) is 24.7 Å². The van der Waals surface area contributed by atoms with Crippen molar-refractivity contribution in [3.8, 4) is 0 Å². The average molecular weight is 313 g/mol. The van der Waals surface area contributed by atoms with Gasteiger partial charge in [0.1, 0.15) is 6.10 Å². The normalized spacial score (nSPS) is 12.9. The van der Waals surface area contributed by atoms with E-state index in [4.69, 9.17) is 0 Å². The summed E-state index contributed by atoms with van der Waals surface area (Å²) in [5.41, 5.74) is 2.64. The molecule has 2 aromatic rings. The van der Waals surface area contributed by atoms with E-state index in [-0.39, 0.29) is 0 Å². The van der Waals surface area contributed by atoms with Crippen molar-refractivity contribution in [3.05, 3.63) is 33.8 Å². The SMILES string of the molecule is CCn1nc(C)c(Br)c1CC(O)c1ccn(C)n1. The predicted octanol–water partition coefficient (Wildman–Crippen LogP) is 1.98. The van der Waals surface area contributed by atoms with E-state index in [1.807, 2.05) is 37.8 Å². The fourth-order valence-electron chi connectivity index (χ4n) is 1.96. The minimum atomic E-state index is -0.608. The third-order valence-electron chi connectivity index (χ3n) is 2.92.